The predicted octanol–water partition coefficient (Wildman–Crippen LogP) is 7.85. The van der Waals surface area contributed by atoms with Gasteiger partial charge in [0.25, 0.3) is 0 Å². The summed E-state index contributed by atoms with van der Waals surface area (Å²) in [6, 6.07) is 0. The van der Waals surface area contributed by atoms with Crippen molar-refractivity contribution >= 4 is 0 Å². The van der Waals surface area contributed by atoms with Gasteiger partial charge in [-0.25, -0.2) is 0 Å². The number of nitrogens with zero attached hydrogens (tertiary/aromatic N) is 1. The lowest BCUT2D eigenvalue weighted by Crippen LogP contribution is -2.54. The Hall–Kier alpha value is -0.380. The van der Waals surface area contributed by atoms with Crippen LogP contribution in [0.2, 0.25) is 0 Å². The maximum Gasteiger partial charge on any atom is 0.183 e. The van der Waals surface area contributed by atoms with Crippen LogP contribution < -0.4 is 0 Å². The summed E-state index contributed by atoms with van der Waals surface area (Å²) in [7, 11) is 2.35. The van der Waals surface area contributed by atoms with Crippen LogP contribution in [0.25, 0.3) is 0 Å². The van der Waals surface area contributed by atoms with Crippen molar-refractivity contribution in [3.63, 3.8) is 0 Å². The highest BCUT2D eigenvalue weighted by atomic mass is 16.5. The topological polar surface area (TPSA) is 18.5 Å². The molecule has 0 N–H and O–H groups in total. The minimum absolute atomic E-state index is 0.426. The molecule has 0 amide bonds. The largest absolute Gasteiger partial charge is 0.370 e. The van der Waals surface area contributed by atoms with E-state index in [1.165, 1.54) is 70.6 Å². The highest BCUT2D eigenvalue weighted by Crippen LogP contribution is 2.67. The summed E-state index contributed by atoms with van der Waals surface area (Å²) in [6.45, 7) is 17.6. The Morgan fingerprint density at radius 3 is 2.53 bits per heavy atom. The van der Waals surface area contributed by atoms with Gasteiger partial charge in [0.05, 0.1) is 26.4 Å². The van der Waals surface area contributed by atoms with Crippen LogP contribution in [0.1, 0.15) is 105 Å². The molecule has 0 aromatic heterocycles. The fourth-order valence-corrected chi connectivity index (χ4v) is 9.99. The van der Waals surface area contributed by atoms with E-state index in [0.29, 0.717) is 16.9 Å². The molecule has 5 aliphatic rings. The molecule has 0 spiro atoms. The Labute approximate surface area is 223 Å². The number of likely N-dealkylation sites (N-methyl/N-ethyl adjacent to an activating group) is 1. The maximum atomic E-state index is 6.60. The van der Waals surface area contributed by atoms with E-state index in [0.717, 1.165) is 73.0 Å². The zero-order chi connectivity index (χ0) is 25.6. The normalized spacial score (nSPS) is 42.9. The minimum atomic E-state index is 0.426. The van der Waals surface area contributed by atoms with Gasteiger partial charge in [-0.2, -0.15) is 0 Å². The highest BCUT2D eigenvalue weighted by Gasteiger charge is 2.59. The highest BCUT2D eigenvalue weighted by molar-refractivity contribution is 5.25. The van der Waals surface area contributed by atoms with E-state index >= 15 is 0 Å². The number of hydrogen-bond donors (Lipinski definition) is 0. The summed E-state index contributed by atoms with van der Waals surface area (Å²) in [5.41, 5.74) is 2.80. The van der Waals surface area contributed by atoms with Gasteiger partial charge in [-0.05, 0) is 97.7 Å². The third kappa shape index (κ3) is 5.12. The summed E-state index contributed by atoms with van der Waals surface area (Å²) in [5.74, 6) is 5.53. The van der Waals surface area contributed by atoms with Crippen LogP contribution in [0.5, 0.6) is 0 Å². The molecule has 0 aromatic rings. The van der Waals surface area contributed by atoms with Crippen LogP contribution in [-0.2, 0) is 9.47 Å². The standard InChI is InChI=1S/C33H58NO2/c1-24(2)8-7-9-25(3)29-12-13-30-28-11-10-26-22-27(36-23-34(6)18-20-35-21-19-34)14-16-32(26,4)31(28)15-17-33(29,30)5/h10,24-25,27-31H,7-9,11-23H2,1-6H3/q+1/t25-,27+,28+,29-,30+,31-,32+,33-/m1/s1. The van der Waals surface area contributed by atoms with Gasteiger partial charge >= 0.3 is 0 Å². The van der Waals surface area contributed by atoms with Gasteiger partial charge in [-0.3, -0.25) is 4.48 Å². The first kappa shape index (κ1) is 27.2. The predicted molar refractivity (Wildman–Crippen MR) is 150 cm³/mol. The molecule has 3 heteroatoms. The van der Waals surface area contributed by atoms with E-state index in [1.54, 1.807) is 5.57 Å². The van der Waals surface area contributed by atoms with Gasteiger partial charge in [0.1, 0.15) is 13.1 Å². The van der Waals surface area contributed by atoms with Crippen molar-refractivity contribution in [1.82, 2.24) is 0 Å². The molecular weight excluding hydrogens is 442 g/mol. The monoisotopic (exact) mass is 500 g/mol. The van der Waals surface area contributed by atoms with E-state index in [-0.39, 0.29) is 0 Å². The molecule has 1 heterocycles. The van der Waals surface area contributed by atoms with Gasteiger partial charge in [-0.1, -0.05) is 65.5 Å². The average Bonchev–Trinajstić information content (AvgIpc) is 3.20. The Balaban J connectivity index is 1.22. The second-order valence-electron chi connectivity index (χ2n) is 15.1. The van der Waals surface area contributed by atoms with Crippen LogP contribution in [0, 0.1) is 46.3 Å². The summed E-state index contributed by atoms with van der Waals surface area (Å²) >= 11 is 0. The zero-order valence-electron chi connectivity index (χ0n) is 24.7. The summed E-state index contributed by atoms with van der Waals surface area (Å²) in [5, 5.41) is 0. The van der Waals surface area contributed by atoms with Crippen molar-refractivity contribution < 1.29 is 14.0 Å². The van der Waals surface area contributed by atoms with Gasteiger partial charge in [0.2, 0.25) is 0 Å². The summed E-state index contributed by atoms with van der Waals surface area (Å²) < 4.78 is 13.2. The molecule has 5 rings (SSSR count). The van der Waals surface area contributed by atoms with Crippen molar-refractivity contribution in [1.29, 1.82) is 0 Å². The zero-order valence-corrected chi connectivity index (χ0v) is 24.7. The Kier molecular flexibility index (Phi) is 8.04. The first-order valence-corrected chi connectivity index (χ1v) is 15.9. The lowest BCUT2D eigenvalue weighted by atomic mass is 9.47. The van der Waals surface area contributed by atoms with Crippen LogP contribution in [0.4, 0.5) is 0 Å². The second-order valence-corrected chi connectivity index (χ2v) is 15.1. The van der Waals surface area contributed by atoms with E-state index in [2.05, 4.69) is 47.7 Å². The number of morpholine rings is 1. The summed E-state index contributed by atoms with van der Waals surface area (Å²) in [4.78, 5) is 0. The van der Waals surface area contributed by atoms with E-state index in [9.17, 15) is 0 Å². The Bertz CT molecular complexity index is 785. The van der Waals surface area contributed by atoms with Crippen LogP contribution >= 0.6 is 0 Å². The van der Waals surface area contributed by atoms with Crippen molar-refractivity contribution in [2.45, 2.75) is 111 Å². The molecule has 3 nitrogen and oxygen atoms in total. The Morgan fingerprint density at radius 1 is 1.00 bits per heavy atom. The smallest absolute Gasteiger partial charge is 0.183 e. The van der Waals surface area contributed by atoms with E-state index < -0.39 is 0 Å². The van der Waals surface area contributed by atoms with E-state index in [4.69, 9.17) is 9.47 Å². The minimum Gasteiger partial charge on any atom is -0.370 e. The molecule has 0 aromatic carbocycles. The van der Waals surface area contributed by atoms with Gasteiger partial charge in [0, 0.05) is 0 Å². The van der Waals surface area contributed by atoms with Crippen LogP contribution in [-0.4, -0.2) is 50.7 Å². The number of allylic oxidation sites excluding steroid dienone is 1. The average molecular weight is 501 g/mol. The molecule has 206 valence electrons. The molecule has 0 unspecified atom stereocenters. The molecule has 36 heavy (non-hydrogen) atoms. The number of rotatable bonds is 8. The quantitative estimate of drug-likeness (QED) is 0.249. The number of ether oxygens (including phenoxy) is 2. The number of fused-ring (bicyclic) bond motifs is 5. The van der Waals surface area contributed by atoms with Crippen LogP contribution in [0.15, 0.2) is 11.6 Å². The molecule has 0 bridgehead atoms. The second kappa shape index (κ2) is 10.6. The van der Waals surface area contributed by atoms with Crippen LogP contribution in [0.3, 0.4) is 0 Å². The van der Waals surface area contributed by atoms with E-state index in [1.807, 2.05) is 0 Å². The number of hydrogen-bond acceptors (Lipinski definition) is 2. The fraction of sp³-hybridized carbons (Fsp3) is 0.939. The molecule has 1 aliphatic heterocycles. The lowest BCUT2D eigenvalue weighted by molar-refractivity contribution is -0.935. The molecular formula is C33H58NO2+. The SMILES string of the molecule is CC(C)CCC[C@@H](C)[C@H]1CC[C@H]2[C@@H]3CC=C4C[C@@H](OC[N+]5(C)CCOCC5)CC[C@]4(C)[C@@H]3CC[C@]12C. The van der Waals surface area contributed by atoms with Crippen molar-refractivity contribution in [2.24, 2.45) is 46.3 Å². The van der Waals surface area contributed by atoms with Gasteiger partial charge in [0.15, 0.2) is 6.73 Å². The van der Waals surface area contributed by atoms with Crippen molar-refractivity contribution in [2.75, 3.05) is 40.1 Å². The first-order valence-electron chi connectivity index (χ1n) is 15.9. The van der Waals surface area contributed by atoms with Crippen molar-refractivity contribution in [3.8, 4) is 0 Å². The molecule has 1 saturated heterocycles. The van der Waals surface area contributed by atoms with Crippen molar-refractivity contribution in [3.05, 3.63) is 11.6 Å². The molecule has 0 radical (unpaired) electrons. The lowest BCUT2D eigenvalue weighted by Gasteiger charge is -2.58. The third-order valence-corrected chi connectivity index (χ3v) is 12.4. The summed E-state index contributed by atoms with van der Waals surface area (Å²) in [6.07, 6.45) is 18.5. The molecule has 4 fully saturated rings. The van der Waals surface area contributed by atoms with Gasteiger partial charge < -0.3 is 9.47 Å². The molecule has 3 saturated carbocycles. The third-order valence-electron chi connectivity index (χ3n) is 12.4. The first-order chi connectivity index (χ1) is 17.1. The Morgan fingerprint density at radius 2 is 1.78 bits per heavy atom. The molecule has 8 atom stereocenters. The maximum absolute atomic E-state index is 6.60. The van der Waals surface area contributed by atoms with Gasteiger partial charge in [-0.15, -0.1) is 0 Å². The fourth-order valence-electron chi connectivity index (χ4n) is 9.99. The number of quaternary nitrogens is 1. The molecule has 4 aliphatic carbocycles.